The SMILES string of the molecule is CCCN(C)C(=O)c1nc(Cl)ccc1Cl. The summed E-state index contributed by atoms with van der Waals surface area (Å²) in [7, 11) is 1.71. The van der Waals surface area contributed by atoms with Gasteiger partial charge in [-0.3, -0.25) is 4.79 Å². The minimum Gasteiger partial charge on any atom is -0.340 e. The minimum absolute atomic E-state index is 0.204. The lowest BCUT2D eigenvalue weighted by atomic mass is 10.3. The van der Waals surface area contributed by atoms with Gasteiger partial charge in [-0.1, -0.05) is 30.1 Å². The van der Waals surface area contributed by atoms with Crippen LogP contribution >= 0.6 is 23.2 Å². The number of hydrogen-bond acceptors (Lipinski definition) is 2. The van der Waals surface area contributed by atoms with E-state index in [2.05, 4.69) is 4.98 Å². The third-order valence-corrected chi connectivity index (χ3v) is 2.44. The maximum Gasteiger partial charge on any atom is 0.273 e. The quantitative estimate of drug-likeness (QED) is 0.769. The summed E-state index contributed by atoms with van der Waals surface area (Å²) >= 11 is 11.6. The molecule has 0 fully saturated rings. The maximum absolute atomic E-state index is 11.8. The van der Waals surface area contributed by atoms with Crippen LogP contribution in [0.25, 0.3) is 0 Å². The van der Waals surface area contributed by atoms with E-state index < -0.39 is 0 Å². The molecular weight excluding hydrogens is 235 g/mol. The Balaban J connectivity index is 2.95. The topological polar surface area (TPSA) is 33.2 Å². The molecule has 0 saturated heterocycles. The summed E-state index contributed by atoms with van der Waals surface area (Å²) in [6.45, 7) is 2.67. The van der Waals surface area contributed by atoms with Crippen molar-refractivity contribution in [2.24, 2.45) is 0 Å². The first-order valence-electron chi connectivity index (χ1n) is 4.63. The van der Waals surface area contributed by atoms with Crippen LogP contribution in [0, 0.1) is 0 Å². The van der Waals surface area contributed by atoms with Gasteiger partial charge in [-0.25, -0.2) is 4.98 Å². The van der Waals surface area contributed by atoms with Crippen molar-refractivity contribution >= 4 is 29.1 Å². The standard InChI is InChI=1S/C10H12Cl2N2O/c1-3-6-14(2)10(15)9-7(11)4-5-8(12)13-9/h4-5H,3,6H2,1-2H3. The number of halogens is 2. The Labute approximate surface area is 99.0 Å². The molecule has 0 saturated carbocycles. The Kier molecular flexibility index (Phi) is 4.36. The van der Waals surface area contributed by atoms with E-state index >= 15 is 0 Å². The van der Waals surface area contributed by atoms with Gasteiger partial charge in [0.1, 0.15) is 10.8 Å². The molecule has 3 nitrogen and oxygen atoms in total. The highest BCUT2D eigenvalue weighted by Crippen LogP contribution is 2.18. The van der Waals surface area contributed by atoms with Gasteiger partial charge in [0.15, 0.2) is 0 Å². The fourth-order valence-electron chi connectivity index (χ4n) is 1.19. The van der Waals surface area contributed by atoms with Crippen molar-refractivity contribution in [1.29, 1.82) is 0 Å². The summed E-state index contributed by atoms with van der Waals surface area (Å²) < 4.78 is 0. The van der Waals surface area contributed by atoms with Gasteiger partial charge in [-0.05, 0) is 18.6 Å². The Hall–Kier alpha value is -0.800. The van der Waals surface area contributed by atoms with Gasteiger partial charge in [-0.2, -0.15) is 0 Å². The molecule has 0 spiro atoms. The van der Waals surface area contributed by atoms with Crippen LogP contribution in [0.3, 0.4) is 0 Å². The largest absolute Gasteiger partial charge is 0.340 e. The van der Waals surface area contributed by atoms with E-state index in [1.165, 1.54) is 0 Å². The number of carbonyl (C=O) groups is 1. The molecule has 0 aliphatic carbocycles. The molecule has 1 aromatic rings. The van der Waals surface area contributed by atoms with E-state index in [-0.39, 0.29) is 16.8 Å². The molecule has 1 rings (SSSR count). The molecule has 5 heteroatoms. The van der Waals surface area contributed by atoms with Crippen molar-refractivity contribution in [2.75, 3.05) is 13.6 Å². The van der Waals surface area contributed by atoms with E-state index in [1.54, 1.807) is 24.1 Å². The number of aromatic nitrogens is 1. The zero-order valence-electron chi connectivity index (χ0n) is 8.63. The smallest absolute Gasteiger partial charge is 0.273 e. The zero-order valence-corrected chi connectivity index (χ0v) is 10.1. The van der Waals surface area contributed by atoms with Crippen LogP contribution in [0.2, 0.25) is 10.2 Å². The first-order valence-corrected chi connectivity index (χ1v) is 5.39. The van der Waals surface area contributed by atoms with Crippen LogP contribution in [0.1, 0.15) is 23.8 Å². The van der Waals surface area contributed by atoms with Crippen molar-refractivity contribution in [3.05, 3.63) is 28.0 Å². The molecule has 0 aliphatic heterocycles. The first-order chi connectivity index (χ1) is 7.06. The fourth-order valence-corrected chi connectivity index (χ4v) is 1.52. The van der Waals surface area contributed by atoms with Crippen molar-refractivity contribution in [2.45, 2.75) is 13.3 Å². The van der Waals surface area contributed by atoms with Crippen molar-refractivity contribution < 1.29 is 4.79 Å². The molecule has 0 aliphatic rings. The minimum atomic E-state index is -0.204. The second-order valence-electron chi connectivity index (χ2n) is 3.19. The van der Waals surface area contributed by atoms with Gasteiger partial charge >= 0.3 is 0 Å². The summed E-state index contributed by atoms with van der Waals surface area (Å²) in [6.07, 6.45) is 0.889. The van der Waals surface area contributed by atoms with Gasteiger partial charge in [0.25, 0.3) is 5.91 Å². The van der Waals surface area contributed by atoms with Gasteiger partial charge in [0.2, 0.25) is 0 Å². The summed E-state index contributed by atoms with van der Waals surface area (Å²) in [5.74, 6) is -0.204. The van der Waals surface area contributed by atoms with Gasteiger partial charge in [-0.15, -0.1) is 0 Å². The van der Waals surface area contributed by atoms with Crippen LogP contribution in [-0.4, -0.2) is 29.4 Å². The van der Waals surface area contributed by atoms with E-state index in [0.29, 0.717) is 11.6 Å². The molecule has 82 valence electrons. The highest BCUT2D eigenvalue weighted by atomic mass is 35.5. The highest BCUT2D eigenvalue weighted by Gasteiger charge is 2.16. The molecule has 0 radical (unpaired) electrons. The Morgan fingerprint density at radius 2 is 2.13 bits per heavy atom. The molecule has 0 bridgehead atoms. The van der Waals surface area contributed by atoms with E-state index in [0.717, 1.165) is 6.42 Å². The van der Waals surface area contributed by atoms with Crippen LogP contribution in [0.5, 0.6) is 0 Å². The Bertz CT molecular complexity index is 368. The fraction of sp³-hybridized carbons (Fsp3) is 0.400. The number of pyridine rings is 1. The summed E-state index contributed by atoms with van der Waals surface area (Å²) in [5.41, 5.74) is 0.208. The number of nitrogens with zero attached hydrogens (tertiary/aromatic N) is 2. The molecule has 1 heterocycles. The van der Waals surface area contributed by atoms with Gasteiger partial charge in [0.05, 0.1) is 5.02 Å². The third-order valence-electron chi connectivity index (χ3n) is 1.92. The first kappa shape index (κ1) is 12.3. The van der Waals surface area contributed by atoms with Gasteiger partial charge in [0, 0.05) is 13.6 Å². The maximum atomic E-state index is 11.8. The van der Waals surface area contributed by atoms with Gasteiger partial charge < -0.3 is 4.90 Å². The van der Waals surface area contributed by atoms with Crippen molar-refractivity contribution in [3.63, 3.8) is 0 Å². The van der Waals surface area contributed by atoms with E-state index in [9.17, 15) is 4.79 Å². The highest BCUT2D eigenvalue weighted by molar-refractivity contribution is 6.34. The molecule has 0 aromatic carbocycles. The van der Waals surface area contributed by atoms with Crippen molar-refractivity contribution in [1.82, 2.24) is 9.88 Å². The lowest BCUT2D eigenvalue weighted by molar-refractivity contribution is 0.0789. The predicted octanol–water partition coefficient (Wildman–Crippen LogP) is 2.87. The predicted molar refractivity (Wildman–Crippen MR) is 61.5 cm³/mol. The van der Waals surface area contributed by atoms with Crippen LogP contribution in [0.4, 0.5) is 0 Å². The molecule has 0 atom stereocenters. The second kappa shape index (κ2) is 5.33. The van der Waals surface area contributed by atoms with E-state index in [4.69, 9.17) is 23.2 Å². The molecule has 1 aromatic heterocycles. The molecular formula is C10H12Cl2N2O. The summed E-state index contributed by atoms with van der Waals surface area (Å²) in [6, 6.07) is 3.13. The average molecular weight is 247 g/mol. The summed E-state index contributed by atoms with van der Waals surface area (Å²) in [5, 5.41) is 0.597. The third kappa shape index (κ3) is 3.08. The van der Waals surface area contributed by atoms with Crippen LogP contribution in [-0.2, 0) is 0 Å². The average Bonchev–Trinajstić information content (AvgIpc) is 2.21. The van der Waals surface area contributed by atoms with Crippen molar-refractivity contribution in [3.8, 4) is 0 Å². The van der Waals surface area contributed by atoms with E-state index in [1.807, 2.05) is 6.92 Å². The zero-order chi connectivity index (χ0) is 11.4. The van der Waals surface area contributed by atoms with Crippen LogP contribution < -0.4 is 0 Å². The number of hydrogen-bond donors (Lipinski definition) is 0. The Morgan fingerprint density at radius 3 is 2.73 bits per heavy atom. The molecule has 1 amide bonds. The normalized spacial score (nSPS) is 10.1. The lowest BCUT2D eigenvalue weighted by Gasteiger charge is -2.15. The molecule has 15 heavy (non-hydrogen) atoms. The summed E-state index contributed by atoms with van der Waals surface area (Å²) in [4.78, 5) is 17.3. The Morgan fingerprint density at radius 1 is 1.47 bits per heavy atom. The monoisotopic (exact) mass is 246 g/mol. The molecule has 0 unspecified atom stereocenters. The number of carbonyl (C=O) groups excluding carboxylic acids is 1. The number of amides is 1. The number of rotatable bonds is 3. The molecule has 0 N–H and O–H groups in total. The lowest BCUT2D eigenvalue weighted by Crippen LogP contribution is -2.28. The van der Waals surface area contributed by atoms with Crippen LogP contribution in [0.15, 0.2) is 12.1 Å². The second-order valence-corrected chi connectivity index (χ2v) is 3.99.